The van der Waals surface area contributed by atoms with Crippen LogP contribution in [0.3, 0.4) is 0 Å². The van der Waals surface area contributed by atoms with Gasteiger partial charge in [0.2, 0.25) is 0 Å². The Morgan fingerprint density at radius 1 is 0.650 bits per heavy atom. The summed E-state index contributed by atoms with van der Waals surface area (Å²) in [4.78, 5) is 0. The Kier molecular flexibility index (Phi) is 7.63. The average molecular weight is 270 g/mol. The Morgan fingerprint density at radius 3 is 1.20 bits per heavy atom. The fourth-order valence-corrected chi connectivity index (χ4v) is 1.97. The molecule has 0 spiro atoms. The molecule has 2 aromatic rings. The van der Waals surface area contributed by atoms with Crippen LogP contribution in [0, 0.1) is 0 Å². The van der Waals surface area contributed by atoms with E-state index in [0.717, 1.165) is 12.8 Å². The monoisotopic (exact) mass is 270 g/mol. The average Bonchev–Trinajstić information content (AvgIpc) is 2.40. The molecule has 0 fully saturated rings. The molecule has 0 aliphatic heterocycles. The van der Waals surface area contributed by atoms with Gasteiger partial charge in [-0.05, 0) is 37.8 Å². The lowest BCUT2D eigenvalue weighted by molar-refractivity contribution is 0.738. The zero-order valence-corrected chi connectivity index (χ0v) is 12.5. The summed E-state index contributed by atoms with van der Waals surface area (Å²) in [6, 6.07) is 21.1. The van der Waals surface area contributed by atoms with Gasteiger partial charge in [-0.1, -0.05) is 60.7 Å². The molecule has 0 aliphatic carbocycles. The molecule has 2 heteroatoms. The van der Waals surface area contributed by atoms with Gasteiger partial charge < -0.3 is 11.5 Å². The number of benzene rings is 2. The van der Waals surface area contributed by atoms with Crippen molar-refractivity contribution in [2.45, 2.75) is 38.8 Å². The first-order valence-electron chi connectivity index (χ1n) is 7.17. The molecular weight excluding hydrogens is 244 g/mol. The van der Waals surface area contributed by atoms with Gasteiger partial charge in [-0.2, -0.15) is 0 Å². The number of rotatable bonds is 4. The Bertz CT molecular complexity index is 404. The van der Waals surface area contributed by atoms with Crippen molar-refractivity contribution in [1.82, 2.24) is 0 Å². The van der Waals surface area contributed by atoms with Gasteiger partial charge in [0.25, 0.3) is 0 Å². The molecule has 0 aromatic heterocycles. The molecule has 0 heterocycles. The number of hydrogen-bond acceptors (Lipinski definition) is 2. The van der Waals surface area contributed by atoms with Crippen molar-refractivity contribution in [3.05, 3.63) is 71.8 Å². The second kappa shape index (κ2) is 9.29. The van der Waals surface area contributed by atoms with Gasteiger partial charge in [0, 0.05) is 12.1 Å². The molecule has 0 bridgehead atoms. The highest BCUT2D eigenvalue weighted by Crippen LogP contribution is 2.01. The van der Waals surface area contributed by atoms with Gasteiger partial charge in [-0.15, -0.1) is 0 Å². The van der Waals surface area contributed by atoms with Gasteiger partial charge in [0.15, 0.2) is 0 Å². The molecule has 2 rings (SSSR count). The first-order chi connectivity index (χ1) is 9.58. The molecular formula is C18H26N2. The summed E-state index contributed by atoms with van der Waals surface area (Å²) in [6.07, 6.45) is 1.95. The molecule has 0 radical (unpaired) electrons. The SMILES string of the molecule is C[C@@H](N)Cc1ccccc1.C[C@@H](N)Cc1ccccc1. The van der Waals surface area contributed by atoms with E-state index in [1.165, 1.54) is 11.1 Å². The highest BCUT2D eigenvalue weighted by molar-refractivity contribution is 5.16. The molecule has 0 amide bonds. The summed E-state index contributed by atoms with van der Waals surface area (Å²) < 4.78 is 0. The van der Waals surface area contributed by atoms with Crippen molar-refractivity contribution in [2.24, 2.45) is 11.5 Å². The predicted octanol–water partition coefficient (Wildman–Crippen LogP) is 3.15. The van der Waals surface area contributed by atoms with Crippen molar-refractivity contribution in [2.75, 3.05) is 0 Å². The zero-order chi connectivity index (χ0) is 14.8. The predicted molar refractivity (Wildman–Crippen MR) is 87.6 cm³/mol. The minimum atomic E-state index is 0.266. The largest absolute Gasteiger partial charge is 0.328 e. The first kappa shape index (κ1) is 16.4. The van der Waals surface area contributed by atoms with E-state index in [0.29, 0.717) is 0 Å². The van der Waals surface area contributed by atoms with Crippen LogP contribution in [0.4, 0.5) is 0 Å². The normalized spacial score (nSPS) is 13.0. The van der Waals surface area contributed by atoms with Gasteiger partial charge in [-0.3, -0.25) is 0 Å². The molecule has 108 valence electrons. The van der Waals surface area contributed by atoms with Crippen LogP contribution in [-0.4, -0.2) is 12.1 Å². The van der Waals surface area contributed by atoms with Crippen LogP contribution in [0.2, 0.25) is 0 Å². The van der Waals surface area contributed by atoms with Crippen molar-refractivity contribution in [3.8, 4) is 0 Å². The van der Waals surface area contributed by atoms with Crippen LogP contribution in [0.15, 0.2) is 60.7 Å². The lowest BCUT2D eigenvalue weighted by Crippen LogP contribution is -2.17. The van der Waals surface area contributed by atoms with Crippen LogP contribution in [0.25, 0.3) is 0 Å². The summed E-state index contributed by atoms with van der Waals surface area (Å²) in [5.41, 5.74) is 13.9. The van der Waals surface area contributed by atoms with E-state index in [1.807, 2.05) is 50.2 Å². The van der Waals surface area contributed by atoms with E-state index < -0.39 is 0 Å². The van der Waals surface area contributed by atoms with Crippen LogP contribution >= 0.6 is 0 Å². The summed E-state index contributed by atoms with van der Waals surface area (Å²) in [5, 5.41) is 0. The van der Waals surface area contributed by atoms with Crippen molar-refractivity contribution in [1.29, 1.82) is 0 Å². The first-order valence-corrected chi connectivity index (χ1v) is 7.17. The number of hydrogen-bond donors (Lipinski definition) is 2. The van der Waals surface area contributed by atoms with Crippen molar-refractivity contribution >= 4 is 0 Å². The molecule has 20 heavy (non-hydrogen) atoms. The fourth-order valence-electron chi connectivity index (χ4n) is 1.97. The smallest absolute Gasteiger partial charge is 0.00509 e. The van der Waals surface area contributed by atoms with Crippen LogP contribution in [0.5, 0.6) is 0 Å². The van der Waals surface area contributed by atoms with Crippen LogP contribution in [-0.2, 0) is 12.8 Å². The second-order valence-electron chi connectivity index (χ2n) is 5.33. The number of nitrogens with two attached hydrogens (primary N) is 2. The Balaban J connectivity index is 0.000000200. The molecule has 0 saturated carbocycles. The quantitative estimate of drug-likeness (QED) is 0.896. The summed E-state index contributed by atoms with van der Waals surface area (Å²) >= 11 is 0. The van der Waals surface area contributed by atoms with E-state index >= 15 is 0 Å². The summed E-state index contributed by atoms with van der Waals surface area (Å²) in [6.45, 7) is 4.04. The van der Waals surface area contributed by atoms with Gasteiger partial charge in [0.1, 0.15) is 0 Å². The van der Waals surface area contributed by atoms with E-state index in [9.17, 15) is 0 Å². The Hall–Kier alpha value is -1.64. The molecule has 2 atom stereocenters. The lowest BCUT2D eigenvalue weighted by Gasteiger charge is -2.02. The zero-order valence-electron chi connectivity index (χ0n) is 12.5. The maximum atomic E-state index is 5.62. The molecule has 2 aromatic carbocycles. The maximum Gasteiger partial charge on any atom is 0.00509 e. The maximum absolute atomic E-state index is 5.62. The minimum Gasteiger partial charge on any atom is -0.328 e. The van der Waals surface area contributed by atoms with Crippen molar-refractivity contribution in [3.63, 3.8) is 0 Å². The third-order valence-electron chi connectivity index (χ3n) is 2.80. The summed E-state index contributed by atoms with van der Waals surface area (Å²) in [5.74, 6) is 0. The van der Waals surface area contributed by atoms with Crippen LogP contribution < -0.4 is 11.5 Å². The van der Waals surface area contributed by atoms with Crippen molar-refractivity contribution < 1.29 is 0 Å². The minimum absolute atomic E-state index is 0.266. The molecule has 4 N–H and O–H groups in total. The van der Waals surface area contributed by atoms with E-state index in [2.05, 4.69) is 24.3 Å². The van der Waals surface area contributed by atoms with Gasteiger partial charge in [0.05, 0.1) is 0 Å². The molecule has 0 aliphatic rings. The topological polar surface area (TPSA) is 52.0 Å². The van der Waals surface area contributed by atoms with E-state index in [1.54, 1.807) is 0 Å². The second-order valence-corrected chi connectivity index (χ2v) is 5.33. The fraction of sp³-hybridized carbons (Fsp3) is 0.333. The standard InChI is InChI=1S/2C9H13N/c2*1-8(10)7-9-5-3-2-4-6-9/h2*2-6,8H,7,10H2,1H3/t2*8-/m11/s1. The molecule has 0 saturated heterocycles. The third kappa shape index (κ3) is 7.72. The lowest BCUT2D eigenvalue weighted by atomic mass is 10.1. The van der Waals surface area contributed by atoms with Gasteiger partial charge >= 0.3 is 0 Å². The Labute approximate surface area is 122 Å². The van der Waals surface area contributed by atoms with E-state index in [4.69, 9.17) is 11.5 Å². The molecule has 0 unspecified atom stereocenters. The third-order valence-corrected chi connectivity index (χ3v) is 2.80. The van der Waals surface area contributed by atoms with Crippen LogP contribution in [0.1, 0.15) is 25.0 Å². The Morgan fingerprint density at radius 2 is 0.950 bits per heavy atom. The molecule has 2 nitrogen and oxygen atoms in total. The highest BCUT2D eigenvalue weighted by Gasteiger charge is 1.95. The summed E-state index contributed by atoms with van der Waals surface area (Å²) in [7, 11) is 0. The van der Waals surface area contributed by atoms with E-state index in [-0.39, 0.29) is 12.1 Å². The van der Waals surface area contributed by atoms with Gasteiger partial charge in [-0.25, -0.2) is 0 Å². The highest BCUT2D eigenvalue weighted by atomic mass is 14.6.